The summed E-state index contributed by atoms with van der Waals surface area (Å²) in [5, 5.41) is 2.94. The molecular weight excluding hydrogens is 410 g/mol. The minimum absolute atomic E-state index is 0.0461. The Morgan fingerprint density at radius 3 is 2.78 bits per heavy atom. The van der Waals surface area contributed by atoms with Crippen LogP contribution < -0.4 is 24.4 Å². The molecule has 9 nitrogen and oxygen atoms in total. The molecule has 0 aliphatic carbocycles. The highest BCUT2D eigenvalue weighted by molar-refractivity contribution is 5.92. The molecule has 1 saturated heterocycles. The topological polar surface area (TPSA) is 81.1 Å². The van der Waals surface area contributed by atoms with Crippen LogP contribution in [0, 0.1) is 0 Å². The maximum atomic E-state index is 12.5. The molecule has 3 heterocycles. The Kier molecular flexibility index (Phi) is 5.55. The number of amides is 1. The van der Waals surface area contributed by atoms with Crippen LogP contribution in [0.2, 0.25) is 0 Å². The number of benzene rings is 2. The number of carbonyl (C=O) groups excluding carboxylic acids is 1. The molecule has 2 aliphatic rings. The standard InChI is InChI=1S/C23H25N5O4/c1-30-19-4-2-3-18(14-19)28-8-7-24-23(28)27-11-9-26(10-12-27)15-22(29)25-17-5-6-20-21(13-17)32-16-31-20/h2-8,13-14H,9-12,15-16H2,1H3,(H,25,29). The van der Waals surface area contributed by atoms with Crippen molar-refractivity contribution in [1.82, 2.24) is 14.5 Å². The van der Waals surface area contributed by atoms with E-state index in [0.717, 1.165) is 43.6 Å². The third-order valence-electron chi connectivity index (χ3n) is 5.63. The first-order valence-electron chi connectivity index (χ1n) is 10.5. The van der Waals surface area contributed by atoms with Gasteiger partial charge in [-0.1, -0.05) is 6.07 Å². The number of carbonyl (C=O) groups is 1. The first-order valence-corrected chi connectivity index (χ1v) is 10.5. The molecule has 1 amide bonds. The molecule has 1 fully saturated rings. The maximum absolute atomic E-state index is 12.5. The van der Waals surface area contributed by atoms with Crippen molar-refractivity contribution < 1.29 is 19.0 Å². The smallest absolute Gasteiger partial charge is 0.238 e. The van der Waals surface area contributed by atoms with Gasteiger partial charge in [0.05, 0.1) is 19.3 Å². The third kappa shape index (κ3) is 4.19. The highest BCUT2D eigenvalue weighted by atomic mass is 16.7. The minimum Gasteiger partial charge on any atom is -0.497 e. The van der Waals surface area contributed by atoms with Crippen molar-refractivity contribution >= 4 is 17.5 Å². The number of anilines is 2. The van der Waals surface area contributed by atoms with Crippen molar-refractivity contribution in [2.45, 2.75) is 0 Å². The van der Waals surface area contributed by atoms with E-state index >= 15 is 0 Å². The highest BCUT2D eigenvalue weighted by Gasteiger charge is 2.23. The van der Waals surface area contributed by atoms with E-state index in [-0.39, 0.29) is 12.7 Å². The summed E-state index contributed by atoms with van der Waals surface area (Å²) in [6.45, 7) is 3.69. The van der Waals surface area contributed by atoms with Crippen LogP contribution in [0.4, 0.5) is 11.6 Å². The number of piperazine rings is 1. The first kappa shape index (κ1) is 20.2. The monoisotopic (exact) mass is 435 g/mol. The number of rotatable bonds is 6. The molecule has 3 aromatic rings. The number of aromatic nitrogens is 2. The molecule has 0 saturated carbocycles. The number of fused-ring (bicyclic) bond motifs is 1. The lowest BCUT2D eigenvalue weighted by Gasteiger charge is -2.35. The normalized spacial score (nSPS) is 15.6. The molecular formula is C23H25N5O4. The van der Waals surface area contributed by atoms with Crippen LogP contribution in [0.3, 0.4) is 0 Å². The average Bonchev–Trinajstić information content (AvgIpc) is 3.49. The van der Waals surface area contributed by atoms with Crippen LogP contribution in [-0.2, 0) is 4.79 Å². The van der Waals surface area contributed by atoms with Crippen LogP contribution in [0.25, 0.3) is 5.69 Å². The lowest BCUT2D eigenvalue weighted by atomic mass is 10.2. The molecule has 2 aromatic carbocycles. The number of methoxy groups -OCH3 is 1. The second-order valence-electron chi connectivity index (χ2n) is 7.68. The van der Waals surface area contributed by atoms with E-state index in [1.165, 1.54) is 0 Å². The zero-order chi connectivity index (χ0) is 21.9. The molecule has 1 N–H and O–H groups in total. The van der Waals surface area contributed by atoms with Crippen LogP contribution in [0.1, 0.15) is 0 Å². The molecule has 0 bridgehead atoms. The molecule has 0 atom stereocenters. The van der Waals surface area contributed by atoms with Gasteiger partial charge in [0.1, 0.15) is 5.75 Å². The van der Waals surface area contributed by atoms with E-state index in [1.54, 1.807) is 25.4 Å². The van der Waals surface area contributed by atoms with E-state index in [0.29, 0.717) is 23.7 Å². The zero-order valence-corrected chi connectivity index (χ0v) is 17.9. The van der Waals surface area contributed by atoms with Crippen molar-refractivity contribution in [3.8, 4) is 22.9 Å². The van der Waals surface area contributed by atoms with Crippen molar-refractivity contribution in [3.63, 3.8) is 0 Å². The van der Waals surface area contributed by atoms with Gasteiger partial charge >= 0.3 is 0 Å². The number of imidazole rings is 1. The van der Waals surface area contributed by atoms with Crippen molar-refractivity contribution in [2.24, 2.45) is 0 Å². The number of hydrogen-bond acceptors (Lipinski definition) is 7. The van der Waals surface area contributed by atoms with E-state index in [2.05, 4.69) is 24.7 Å². The molecule has 0 spiro atoms. The summed E-state index contributed by atoms with van der Waals surface area (Å²) in [4.78, 5) is 21.5. The number of ether oxygens (including phenoxy) is 3. The number of nitrogens with one attached hydrogen (secondary N) is 1. The lowest BCUT2D eigenvalue weighted by Crippen LogP contribution is -2.49. The van der Waals surface area contributed by atoms with Gasteiger partial charge in [0.25, 0.3) is 0 Å². The largest absolute Gasteiger partial charge is 0.497 e. The molecule has 2 aliphatic heterocycles. The van der Waals surface area contributed by atoms with Crippen LogP contribution in [0.15, 0.2) is 54.9 Å². The third-order valence-corrected chi connectivity index (χ3v) is 5.63. The Labute approximate surface area is 186 Å². The Morgan fingerprint density at radius 2 is 1.94 bits per heavy atom. The number of hydrogen-bond donors (Lipinski definition) is 1. The molecule has 9 heteroatoms. The summed E-state index contributed by atoms with van der Waals surface area (Å²) in [5.41, 5.74) is 1.71. The van der Waals surface area contributed by atoms with Gasteiger partial charge < -0.3 is 24.4 Å². The second-order valence-corrected chi connectivity index (χ2v) is 7.68. The van der Waals surface area contributed by atoms with Gasteiger partial charge in [0, 0.05) is 56.4 Å². The molecule has 1 aromatic heterocycles. The van der Waals surface area contributed by atoms with E-state index in [4.69, 9.17) is 14.2 Å². The van der Waals surface area contributed by atoms with Crippen molar-refractivity contribution in [3.05, 3.63) is 54.9 Å². The highest BCUT2D eigenvalue weighted by Crippen LogP contribution is 2.34. The summed E-state index contributed by atoms with van der Waals surface area (Å²) < 4.78 is 18.1. The summed E-state index contributed by atoms with van der Waals surface area (Å²) in [5.74, 6) is 3.01. The fraction of sp³-hybridized carbons (Fsp3) is 0.304. The van der Waals surface area contributed by atoms with Gasteiger partial charge in [-0.15, -0.1) is 0 Å². The lowest BCUT2D eigenvalue weighted by molar-refractivity contribution is -0.117. The van der Waals surface area contributed by atoms with Crippen LogP contribution in [0.5, 0.6) is 17.2 Å². The van der Waals surface area contributed by atoms with Gasteiger partial charge in [-0.3, -0.25) is 14.3 Å². The Bertz CT molecular complexity index is 1110. The van der Waals surface area contributed by atoms with E-state index < -0.39 is 0 Å². The van der Waals surface area contributed by atoms with Crippen molar-refractivity contribution in [2.75, 3.05) is 56.8 Å². The fourth-order valence-corrected chi connectivity index (χ4v) is 3.98. The van der Waals surface area contributed by atoms with Gasteiger partial charge in [-0.05, 0) is 24.3 Å². The second kappa shape index (κ2) is 8.80. The van der Waals surface area contributed by atoms with Gasteiger partial charge in [0.2, 0.25) is 18.6 Å². The predicted octanol–water partition coefficient (Wildman–Crippen LogP) is 2.37. The first-order chi connectivity index (χ1) is 15.7. The minimum atomic E-state index is -0.0461. The Hall–Kier alpha value is -3.72. The quantitative estimate of drug-likeness (QED) is 0.637. The van der Waals surface area contributed by atoms with Crippen LogP contribution >= 0.6 is 0 Å². The predicted molar refractivity (Wildman–Crippen MR) is 120 cm³/mol. The Balaban J connectivity index is 1.17. The van der Waals surface area contributed by atoms with Gasteiger partial charge in [-0.25, -0.2) is 4.98 Å². The summed E-state index contributed by atoms with van der Waals surface area (Å²) >= 11 is 0. The summed E-state index contributed by atoms with van der Waals surface area (Å²) in [7, 11) is 1.66. The van der Waals surface area contributed by atoms with E-state index in [1.807, 2.05) is 36.5 Å². The van der Waals surface area contributed by atoms with Crippen LogP contribution in [-0.4, -0.2) is 67.0 Å². The average molecular weight is 435 g/mol. The molecule has 5 rings (SSSR count). The molecule has 0 radical (unpaired) electrons. The molecule has 0 unspecified atom stereocenters. The fourth-order valence-electron chi connectivity index (χ4n) is 3.98. The maximum Gasteiger partial charge on any atom is 0.238 e. The summed E-state index contributed by atoms with van der Waals surface area (Å²) in [6, 6.07) is 13.3. The Morgan fingerprint density at radius 1 is 1.09 bits per heavy atom. The molecule has 32 heavy (non-hydrogen) atoms. The molecule has 166 valence electrons. The van der Waals surface area contributed by atoms with Gasteiger partial charge in [0.15, 0.2) is 11.5 Å². The van der Waals surface area contributed by atoms with Crippen molar-refractivity contribution in [1.29, 1.82) is 0 Å². The van der Waals surface area contributed by atoms with Gasteiger partial charge in [-0.2, -0.15) is 0 Å². The summed E-state index contributed by atoms with van der Waals surface area (Å²) in [6.07, 6.45) is 3.76. The number of nitrogens with zero attached hydrogens (tertiary/aromatic N) is 4. The SMILES string of the molecule is COc1cccc(-n2ccnc2N2CCN(CC(=O)Nc3ccc4c(c3)OCO4)CC2)c1. The zero-order valence-electron chi connectivity index (χ0n) is 17.9. The van der Waals surface area contributed by atoms with E-state index in [9.17, 15) is 4.79 Å².